The molecule has 1 atom stereocenters. The van der Waals surface area contributed by atoms with Crippen LogP contribution in [-0.2, 0) is 12.8 Å². The van der Waals surface area contributed by atoms with Crippen LogP contribution in [0.25, 0.3) is 0 Å². The van der Waals surface area contributed by atoms with Crippen LogP contribution < -0.4 is 5.32 Å². The maximum Gasteiger partial charge on any atom is 0.124 e. The smallest absolute Gasteiger partial charge is 0.124 e. The quantitative estimate of drug-likeness (QED) is 0.879. The first-order valence-corrected chi connectivity index (χ1v) is 7.14. The molecule has 0 radical (unpaired) electrons. The summed E-state index contributed by atoms with van der Waals surface area (Å²) in [5, 5.41) is 3.91. The Bertz CT molecular complexity index is 545. The van der Waals surface area contributed by atoms with Crippen LogP contribution in [0.4, 0.5) is 4.39 Å². The van der Waals surface area contributed by atoms with E-state index in [-0.39, 0.29) is 11.9 Å². The van der Waals surface area contributed by atoms with E-state index in [0.29, 0.717) is 5.02 Å². The molecule has 2 nitrogen and oxygen atoms in total. The molecule has 1 aromatic heterocycles. The number of nitrogens with zero attached hydrogens (tertiary/aromatic N) is 1. The molecule has 1 N–H and O–H groups in total. The number of pyridine rings is 1. The SMILES string of the molecule is CCNC(Cc1ccccn1)Cc1ccc(F)cc1Cl. The zero-order chi connectivity index (χ0) is 14.4. The average molecular weight is 293 g/mol. The highest BCUT2D eigenvalue weighted by atomic mass is 35.5. The largest absolute Gasteiger partial charge is 0.314 e. The predicted octanol–water partition coefficient (Wildman–Crippen LogP) is 3.64. The van der Waals surface area contributed by atoms with Crippen molar-refractivity contribution in [1.82, 2.24) is 10.3 Å². The molecule has 0 aliphatic carbocycles. The van der Waals surface area contributed by atoms with Gasteiger partial charge in [0.2, 0.25) is 0 Å². The average Bonchev–Trinajstić information content (AvgIpc) is 2.43. The van der Waals surface area contributed by atoms with E-state index in [9.17, 15) is 4.39 Å². The van der Waals surface area contributed by atoms with E-state index in [4.69, 9.17) is 11.6 Å². The van der Waals surface area contributed by atoms with Crippen molar-refractivity contribution >= 4 is 11.6 Å². The summed E-state index contributed by atoms with van der Waals surface area (Å²) in [6, 6.07) is 10.7. The van der Waals surface area contributed by atoms with E-state index in [0.717, 1.165) is 30.6 Å². The topological polar surface area (TPSA) is 24.9 Å². The summed E-state index contributed by atoms with van der Waals surface area (Å²) in [5.74, 6) is -0.302. The van der Waals surface area contributed by atoms with Gasteiger partial charge in [0, 0.05) is 29.4 Å². The van der Waals surface area contributed by atoms with E-state index in [1.54, 1.807) is 12.3 Å². The van der Waals surface area contributed by atoms with Gasteiger partial charge in [0.25, 0.3) is 0 Å². The highest BCUT2D eigenvalue weighted by Gasteiger charge is 2.12. The van der Waals surface area contributed by atoms with E-state index < -0.39 is 0 Å². The summed E-state index contributed by atoms with van der Waals surface area (Å²) < 4.78 is 13.1. The van der Waals surface area contributed by atoms with Crippen molar-refractivity contribution in [1.29, 1.82) is 0 Å². The number of benzene rings is 1. The number of hydrogen-bond donors (Lipinski definition) is 1. The Balaban J connectivity index is 2.09. The maximum atomic E-state index is 13.1. The second-order valence-corrected chi connectivity index (χ2v) is 5.13. The Morgan fingerprint density at radius 3 is 2.75 bits per heavy atom. The van der Waals surface area contributed by atoms with Crippen LogP contribution >= 0.6 is 11.6 Å². The van der Waals surface area contributed by atoms with E-state index in [1.807, 2.05) is 18.2 Å². The summed E-state index contributed by atoms with van der Waals surface area (Å²) in [7, 11) is 0. The standard InChI is InChI=1S/C16H18ClFN2/c1-2-19-15(11-14-5-3-4-8-20-14)9-12-6-7-13(18)10-16(12)17/h3-8,10,15,19H,2,9,11H2,1H3. The molecule has 0 saturated heterocycles. The number of nitrogens with one attached hydrogen (secondary N) is 1. The number of hydrogen-bond acceptors (Lipinski definition) is 2. The van der Waals surface area contributed by atoms with Crippen LogP contribution in [0.1, 0.15) is 18.2 Å². The molecule has 1 heterocycles. The van der Waals surface area contributed by atoms with Crippen molar-refractivity contribution < 1.29 is 4.39 Å². The Labute approximate surface area is 124 Å². The van der Waals surface area contributed by atoms with Crippen LogP contribution in [-0.4, -0.2) is 17.6 Å². The number of likely N-dealkylation sites (N-methyl/N-ethyl adjacent to an activating group) is 1. The van der Waals surface area contributed by atoms with Crippen molar-refractivity contribution in [2.75, 3.05) is 6.54 Å². The highest BCUT2D eigenvalue weighted by Crippen LogP contribution is 2.19. The first-order valence-electron chi connectivity index (χ1n) is 6.76. The van der Waals surface area contributed by atoms with Crippen molar-refractivity contribution in [2.45, 2.75) is 25.8 Å². The molecule has 1 unspecified atom stereocenters. The molecule has 2 rings (SSSR count). The lowest BCUT2D eigenvalue weighted by atomic mass is 10.0. The van der Waals surface area contributed by atoms with Gasteiger partial charge < -0.3 is 5.32 Å². The molecule has 0 spiro atoms. The summed E-state index contributed by atoms with van der Waals surface area (Å²) in [4.78, 5) is 4.35. The van der Waals surface area contributed by atoms with Crippen molar-refractivity contribution in [3.63, 3.8) is 0 Å². The summed E-state index contributed by atoms with van der Waals surface area (Å²) >= 11 is 6.09. The Hall–Kier alpha value is -1.45. The maximum absolute atomic E-state index is 13.1. The molecule has 0 aliphatic rings. The van der Waals surface area contributed by atoms with Crippen LogP contribution in [0.2, 0.25) is 5.02 Å². The van der Waals surface area contributed by atoms with E-state index >= 15 is 0 Å². The molecule has 0 amide bonds. The number of halogens is 2. The third-order valence-corrected chi connectivity index (χ3v) is 3.51. The van der Waals surface area contributed by atoms with Gasteiger partial charge >= 0.3 is 0 Å². The molecule has 0 aliphatic heterocycles. The number of aromatic nitrogens is 1. The fourth-order valence-electron chi connectivity index (χ4n) is 2.23. The van der Waals surface area contributed by atoms with Gasteiger partial charge in [-0.15, -0.1) is 0 Å². The lowest BCUT2D eigenvalue weighted by Crippen LogP contribution is -2.33. The summed E-state index contributed by atoms with van der Waals surface area (Å²) in [6.45, 7) is 2.94. The molecule has 0 saturated carbocycles. The third kappa shape index (κ3) is 4.29. The van der Waals surface area contributed by atoms with Crippen LogP contribution in [0, 0.1) is 5.82 Å². The molecule has 2 aromatic rings. The van der Waals surface area contributed by atoms with Gasteiger partial charge in [0.1, 0.15) is 5.82 Å². The van der Waals surface area contributed by atoms with Crippen LogP contribution in [0.5, 0.6) is 0 Å². The van der Waals surface area contributed by atoms with Gasteiger partial charge in [-0.1, -0.05) is 30.7 Å². The molecule has 106 valence electrons. The van der Waals surface area contributed by atoms with Crippen LogP contribution in [0.3, 0.4) is 0 Å². The Morgan fingerprint density at radius 2 is 2.10 bits per heavy atom. The van der Waals surface area contributed by atoms with Gasteiger partial charge in [0.05, 0.1) is 0 Å². The lowest BCUT2D eigenvalue weighted by molar-refractivity contribution is 0.516. The van der Waals surface area contributed by atoms with Gasteiger partial charge in [-0.25, -0.2) is 4.39 Å². The zero-order valence-electron chi connectivity index (χ0n) is 11.4. The van der Waals surface area contributed by atoms with E-state index in [1.165, 1.54) is 12.1 Å². The van der Waals surface area contributed by atoms with Gasteiger partial charge in [-0.05, 0) is 42.8 Å². The monoisotopic (exact) mass is 292 g/mol. The second-order valence-electron chi connectivity index (χ2n) is 4.72. The van der Waals surface area contributed by atoms with E-state index in [2.05, 4.69) is 17.2 Å². The normalized spacial score (nSPS) is 12.3. The predicted molar refractivity (Wildman–Crippen MR) is 80.5 cm³/mol. The summed E-state index contributed by atoms with van der Waals surface area (Å²) in [5.41, 5.74) is 1.99. The fraction of sp³-hybridized carbons (Fsp3) is 0.312. The van der Waals surface area contributed by atoms with Crippen LogP contribution in [0.15, 0.2) is 42.6 Å². The second kappa shape index (κ2) is 7.36. The van der Waals surface area contributed by atoms with Gasteiger partial charge in [-0.3, -0.25) is 4.98 Å². The lowest BCUT2D eigenvalue weighted by Gasteiger charge is -2.18. The highest BCUT2D eigenvalue weighted by molar-refractivity contribution is 6.31. The molecular weight excluding hydrogens is 275 g/mol. The number of rotatable bonds is 6. The molecule has 0 fully saturated rings. The minimum absolute atomic E-state index is 0.234. The minimum atomic E-state index is -0.302. The Morgan fingerprint density at radius 1 is 1.25 bits per heavy atom. The van der Waals surface area contributed by atoms with Gasteiger partial charge in [-0.2, -0.15) is 0 Å². The summed E-state index contributed by atoms with van der Waals surface area (Å²) in [6.07, 6.45) is 3.37. The molecule has 4 heteroatoms. The minimum Gasteiger partial charge on any atom is -0.314 e. The zero-order valence-corrected chi connectivity index (χ0v) is 12.2. The molecule has 0 bridgehead atoms. The first-order chi connectivity index (χ1) is 9.69. The van der Waals surface area contributed by atoms with Gasteiger partial charge in [0.15, 0.2) is 0 Å². The van der Waals surface area contributed by atoms with Crippen molar-refractivity contribution in [2.24, 2.45) is 0 Å². The fourth-order valence-corrected chi connectivity index (χ4v) is 2.47. The third-order valence-electron chi connectivity index (χ3n) is 3.16. The van der Waals surface area contributed by atoms with Crippen molar-refractivity contribution in [3.05, 3.63) is 64.7 Å². The Kier molecular flexibility index (Phi) is 5.50. The molecule has 20 heavy (non-hydrogen) atoms. The van der Waals surface area contributed by atoms with Crippen molar-refractivity contribution in [3.8, 4) is 0 Å². The first kappa shape index (κ1) is 14.9. The molecule has 1 aromatic carbocycles. The molecular formula is C16H18ClFN2.